The number of carbonyl (C=O) groups is 2. The molecule has 0 bridgehead atoms. The lowest BCUT2D eigenvalue weighted by Crippen LogP contribution is -2.61. The van der Waals surface area contributed by atoms with Crippen LogP contribution in [-0.4, -0.2) is 52.8 Å². The number of likely N-dealkylation sites (tertiary alicyclic amines) is 2. The van der Waals surface area contributed by atoms with Crippen molar-refractivity contribution >= 4 is 24.2 Å². The van der Waals surface area contributed by atoms with E-state index in [-0.39, 0.29) is 35.7 Å². The number of rotatable bonds is 2. The van der Waals surface area contributed by atoms with Crippen LogP contribution in [0.15, 0.2) is 30.3 Å². The second-order valence-corrected chi connectivity index (χ2v) is 8.31. The third-order valence-electron chi connectivity index (χ3n) is 5.97. The van der Waals surface area contributed by atoms with Gasteiger partial charge in [-0.05, 0) is 43.7 Å². The smallest absolute Gasteiger partial charge is 0.254 e. The van der Waals surface area contributed by atoms with E-state index in [1.165, 1.54) is 0 Å². The molecule has 26 heavy (non-hydrogen) atoms. The van der Waals surface area contributed by atoms with Crippen molar-refractivity contribution in [1.29, 1.82) is 0 Å². The first kappa shape index (κ1) is 20.7. The lowest BCUT2D eigenvalue weighted by Gasteiger charge is -2.46. The van der Waals surface area contributed by atoms with E-state index in [9.17, 15) is 9.59 Å². The summed E-state index contributed by atoms with van der Waals surface area (Å²) < 4.78 is 0. The van der Waals surface area contributed by atoms with Crippen LogP contribution in [0, 0.1) is 5.41 Å². The van der Waals surface area contributed by atoms with Crippen molar-refractivity contribution in [1.82, 2.24) is 9.80 Å². The van der Waals surface area contributed by atoms with Gasteiger partial charge < -0.3 is 15.5 Å². The lowest BCUT2D eigenvalue weighted by molar-refractivity contribution is -0.144. The number of nitrogens with two attached hydrogens (primary N) is 1. The molecule has 2 fully saturated rings. The molecule has 0 aliphatic carbocycles. The van der Waals surface area contributed by atoms with Crippen LogP contribution in [0.1, 0.15) is 50.4 Å². The Balaban J connectivity index is 0.00000243. The molecule has 2 aliphatic rings. The first-order valence-electron chi connectivity index (χ1n) is 9.18. The molecule has 2 amide bonds. The Morgan fingerprint density at radius 3 is 2.38 bits per heavy atom. The summed E-state index contributed by atoms with van der Waals surface area (Å²) in [5.41, 5.74) is 5.99. The molecule has 0 spiro atoms. The molecule has 1 aromatic rings. The predicted molar refractivity (Wildman–Crippen MR) is 105 cm³/mol. The van der Waals surface area contributed by atoms with Crippen LogP contribution in [0.2, 0.25) is 0 Å². The van der Waals surface area contributed by atoms with Crippen LogP contribution in [0.4, 0.5) is 0 Å². The number of amides is 2. The Morgan fingerprint density at radius 2 is 1.77 bits per heavy atom. The van der Waals surface area contributed by atoms with Crippen LogP contribution >= 0.6 is 12.4 Å². The van der Waals surface area contributed by atoms with Crippen LogP contribution in [-0.2, 0) is 4.79 Å². The summed E-state index contributed by atoms with van der Waals surface area (Å²) in [6.45, 7) is 8.10. The highest BCUT2D eigenvalue weighted by atomic mass is 35.5. The van der Waals surface area contributed by atoms with Crippen molar-refractivity contribution in [3.05, 3.63) is 35.9 Å². The molecule has 6 heteroatoms. The van der Waals surface area contributed by atoms with Gasteiger partial charge in [-0.2, -0.15) is 0 Å². The van der Waals surface area contributed by atoms with E-state index in [1.54, 1.807) is 4.90 Å². The summed E-state index contributed by atoms with van der Waals surface area (Å²) in [4.78, 5) is 30.0. The molecule has 0 saturated carbocycles. The second kappa shape index (κ2) is 7.57. The van der Waals surface area contributed by atoms with Gasteiger partial charge in [0.25, 0.3) is 5.91 Å². The molecule has 1 aromatic carbocycles. The van der Waals surface area contributed by atoms with Gasteiger partial charge in [-0.15, -0.1) is 12.4 Å². The number of hydrogen-bond acceptors (Lipinski definition) is 3. The van der Waals surface area contributed by atoms with E-state index in [0.717, 1.165) is 12.8 Å². The van der Waals surface area contributed by atoms with Gasteiger partial charge in [-0.1, -0.05) is 32.0 Å². The van der Waals surface area contributed by atoms with Crippen LogP contribution in [0.5, 0.6) is 0 Å². The maximum Gasteiger partial charge on any atom is 0.254 e. The van der Waals surface area contributed by atoms with Crippen LogP contribution < -0.4 is 5.73 Å². The fourth-order valence-corrected chi connectivity index (χ4v) is 4.14. The molecule has 2 aliphatic heterocycles. The topological polar surface area (TPSA) is 66.6 Å². The zero-order chi connectivity index (χ0) is 18.2. The zero-order valence-electron chi connectivity index (χ0n) is 15.9. The average Bonchev–Trinajstić information content (AvgIpc) is 2.99. The number of carbonyl (C=O) groups excluding carboxylic acids is 2. The Kier molecular flexibility index (Phi) is 6.03. The van der Waals surface area contributed by atoms with Crippen molar-refractivity contribution in [2.75, 3.05) is 19.6 Å². The number of hydrogen-bond donors (Lipinski definition) is 1. The van der Waals surface area contributed by atoms with Crippen molar-refractivity contribution in [2.24, 2.45) is 11.1 Å². The quantitative estimate of drug-likeness (QED) is 0.859. The minimum absolute atomic E-state index is 0. The minimum Gasteiger partial charge on any atom is -0.340 e. The molecule has 2 atom stereocenters. The van der Waals surface area contributed by atoms with Crippen molar-refractivity contribution in [3.63, 3.8) is 0 Å². The third-order valence-corrected chi connectivity index (χ3v) is 5.97. The van der Waals surface area contributed by atoms with Gasteiger partial charge >= 0.3 is 0 Å². The summed E-state index contributed by atoms with van der Waals surface area (Å²) >= 11 is 0. The second-order valence-electron chi connectivity index (χ2n) is 8.31. The van der Waals surface area contributed by atoms with E-state index in [0.29, 0.717) is 31.6 Å². The molecule has 2 N–H and O–H groups in total. The Labute approximate surface area is 162 Å². The van der Waals surface area contributed by atoms with E-state index < -0.39 is 5.54 Å². The van der Waals surface area contributed by atoms with Gasteiger partial charge in [0.05, 0.1) is 0 Å². The van der Waals surface area contributed by atoms with Gasteiger partial charge in [0, 0.05) is 31.2 Å². The molecule has 144 valence electrons. The monoisotopic (exact) mass is 379 g/mol. The van der Waals surface area contributed by atoms with Crippen LogP contribution in [0.25, 0.3) is 0 Å². The predicted octanol–water partition coefficient (Wildman–Crippen LogP) is 2.69. The fourth-order valence-electron chi connectivity index (χ4n) is 4.14. The maximum absolute atomic E-state index is 13.4. The van der Waals surface area contributed by atoms with Gasteiger partial charge in [0.2, 0.25) is 5.91 Å². The minimum atomic E-state index is -0.759. The molecule has 2 heterocycles. The summed E-state index contributed by atoms with van der Waals surface area (Å²) in [6, 6.07) is 9.34. The van der Waals surface area contributed by atoms with E-state index in [2.05, 4.69) is 13.8 Å². The van der Waals surface area contributed by atoms with Crippen molar-refractivity contribution in [3.8, 4) is 0 Å². The standard InChI is InChI=1S/C20H29N3O2.ClH/c1-19(2)14-22(13-10-16(19)21)18(25)20(3)11-7-12-23(20)17(24)15-8-5-4-6-9-15;/h4-6,8-9,16H,7,10-14,21H2,1-3H3;1H. The molecule has 2 saturated heterocycles. The molecule has 3 rings (SSSR count). The average molecular weight is 380 g/mol. The first-order valence-corrected chi connectivity index (χ1v) is 9.18. The summed E-state index contributed by atoms with van der Waals surface area (Å²) in [7, 11) is 0. The molecular weight excluding hydrogens is 350 g/mol. The highest BCUT2D eigenvalue weighted by Gasteiger charge is 2.49. The van der Waals surface area contributed by atoms with Crippen molar-refractivity contribution < 1.29 is 9.59 Å². The van der Waals surface area contributed by atoms with Crippen LogP contribution in [0.3, 0.4) is 0 Å². The van der Waals surface area contributed by atoms with E-state index in [4.69, 9.17) is 5.73 Å². The largest absolute Gasteiger partial charge is 0.340 e. The fraction of sp³-hybridized carbons (Fsp3) is 0.600. The third kappa shape index (κ3) is 3.60. The van der Waals surface area contributed by atoms with Crippen molar-refractivity contribution in [2.45, 2.75) is 51.6 Å². The lowest BCUT2D eigenvalue weighted by atomic mass is 9.79. The molecule has 5 nitrogen and oxygen atoms in total. The Morgan fingerprint density at radius 1 is 1.12 bits per heavy atom. The van der Waals surface area contributed by atoms with E-state index >= 15 is 0 Å². The molecule has 0 radical (unpaired) electrons. The normalized spacial score (nSPS) is 27.8. The number of nitrogens with zero attached hydrogens (tertiary/aromatic N) is 2. The van der Waals surface area contributed by atoms with E-state index in [1.807, 2.05) is 42.2 Å². The highest BCUT2D eigenvalue weighted by molar-refractivity contribution is 5.99. The molecular formula is C20H30ClN3O2. The van der Waals surface area contributed by atoms with Gasteiger partial charge in [-0.25, -0.2) is 0 Å². The van der Waals surface area contributed by atoms with Gasteiger partial charge in [0.15, 0.2) is 0 Å². The zero-order valence-corrected chi connectivity index (χ0v) is 16.7. The number of benzene rings is 1. The maximum atomic E-state index is 13.4. The summed E-state index contributed by atoms with van der Waals surface area (Å²) in [6.07, 6.45) is 2.38. The Bertz CT molecular complexity index is 664. The number of halogens is 1. The first-order chi connectivity index (χ1) is 11.8. The summed E-state index contributed by atoms with van der Waals surface area (Å²) in [5.74, 6) is 0.0103. The number of piperidine rings is 1. The Hall–Kier alpha value is -1.59. The molecule has 0 aromatic heterocycles. The van der Waals surface area contributed by atoms with Gasteiger partial charge in [0.1, 0.15) is 5.54 Å². The molecule has 2 unspecified atom stereocenters. The SMILES string of the molecule is CC1(C)CN(C(=O)C2(C)CCCN2C(=O)c2ccccc2)CCC1N.Cl. The summed E-state index contributed by atoms with van der Waals surface area (Å²) in [5, 5.41) is 0. The highest BCUT2D eigenvalue weighted by Crippen LogP contribution is 2.35. The van der Waals surface area contributed by atoms with Gasteiger partial charge in [-0.3, -0.25) is 9.59 Å².